The van der Waals surface area contributed by atoms with Crippen LogP contribution >= 0.6 is 7.29 Å². The molecule has 2 atom stereocenters. The minimum atomic E-state index is -2.85. The van der Waals surface area contributed by atoms with Gasteiger partial charge in [0, 0.05) is 10.6 Å². The van der Waals surface area contributed by atoms with Gasteiger partial charge >= 0.3 is 0 Å². The van der Waals surface area contributed by atoms with E-state index >= 15 is 0 Å². The predicted octanol–water partition coefficient (Wildman–Crippen LogP) is 3.03. The Kier molecular flexibility index (Phi) is 3.13. The standard InChI is InChI=1S/C13H16NOP/c1-11-6-5-9-13(10-11)16(14,15)12-7-3-2-4-8-12/h2-9,11H,10H2,1H3,(H2,14,15). The number of allylic oxidation sites excluding steroid dienone is 4. The van der Waals surface area contributed by atoms with E-state index in [1.54, 1.807) is 0 Å². The monoisotopic (exact) mass is 233 g/mol. The summed E-state index contributed by atoms with van der Waals surface area (Å²) in [5.41, 5.74) is 6.03. The highest BCUT2D eigenvalue weighted by Crippen LogP contribution is 2.48. The number of nitrogens with two attached hydrogens (primary N) is 1. The van der Waals surface area contributed by atoms with Crippen LogP contribution in [0.25, 0.3) is 0 Å². The second kappa shape index (κ2) is 4.40. The van der Waals surface area contributed by atoms with E-state index < -0.39 is 7.29 Å². The summed E-state index contributed by atoms with van der Waals surface area (Å²) >= 11 is 0. The second-order valence-electron chi connectivity index (χ2n) is 4.22. The molecule has 0 spiro atoms. The Morgan fingerprint density at radius 1 is 1.31 bits per heavy atom. The first kappa shape index (κ1) is 11.4. The lowest BCUT2D eigenvalue weighted by Crippen LogP contribution is -2.15. The van der Waals surface area contributed by atoms with Crippen LogP contribution in [0, 0.1) is 5.92 Å². The summed E-state index contributed by atoms with van der Waals surface area (Å²) in [4.78, 5) is 0. The highest BCUT2D eigenvalue weighted by Gasteiger charge is 2.26. The molecule has 1 aromatic rings. The van der Waals surface area contributed by atoms with Gasteiger partial charge in [0.15, 0.2) is 7.29 Å². The third kappa shape index (κ3) is 2.18. The molecule has 0 amide bonds. The van der Waals surface area contributed by atoms with Crippen molar-refractivity contribution in [1.29, 1.82) is 0 Å². The summed E-state index contributed by atoms with van der Waals surface area (Å²) in [5.74, 6) is 0.417. The first-order valence-electron chi connectivity index (χ1n) is 5.43. The minimum absolute atomic E-state index is 0.417. The Labute approximate surface area is 96.3 Å². The van der Waals surface area contributed by atoms with Crippen LogP contribution < -0.4 is 10.8 Å². The van der Waals surface area contributed by atoms with Crippen LogP contribution in [0.3, 0.4) is 0 Å². The summed E-state index contributed by atoms with van der Waals surface area (Å²) in [6.07, 6.45) is 6.74. The molecule has 0 bridgehead atoms. The van der Waals surface area contributed by atoms with E-state index in [0.717, 1.165) is 17.0 Å². The number of benzene rings is 1. The maximum atomic E-state index is 12.6. The maximum absolute atomic E-state index is 12.6. The highest BCUT2D eigenvalue weighted by molar-refractivity contribution is 7.73. The van der Waals surface area contributed by atoms with Crippen molar-refractivity contribution in [1.82, 2.24) is 0 Å². The lowest BCUT2D eigenvalue weighted by atomic mass is 10.0. The van der Waals surface area contributed by atoms with Crippen molar-refractivity contribution >= 4 is 12.6 Å². The SMILES string of the molecule is CC1C=CC=C(P(N)(=O)c2ccccc2)C1. The van der Waals surface area contributed by atoms with Gasteiger partial charge in [0.1, 0.15) is 0 Å². The molecule has 1 aliphatic rings. The average Bonchev–Trinajstić information content (AvgIpc) is 2.30. The van der Waals surface area contributed by atoms with Crippen molar-refractivity contribution in [2.45, 2.75) is 13.3 Å². The van der Waals surface area contributed by atoms with Crippen LogP contribution in [-0.4, -0.2) is 0 Å². The van der Waals surface area contributed by atoms with E-state index in [1.165, 1.54) is 0 Å². The average molecular weight is 233 g/mol. The molecule has 2 nitrogen and oxygen atoms in total. The largest absolute Gasteiger partial charge is 0.297 e. The smallest absolute Gasteiger partial charge is 0.198 e. The zero-order valence-electron chi connectivity index (χ0n) is 9.34. The van der Waals surface area contributed by atoms with Gasteiger partial charge in [-0.1, -0.05) is 43.4 Å². The molecule has 0 aromatic heterocycles. The molecule has 2 N–H and O–H groups in total. The fraction of sp³-hybridized carbons (Fsp3) is 0.231. The van der Waals surface area contributed by atoms with Gasteiger partial charge in [0.05, 0.1) is 0 Å². The Hall–Kier alpha value is -1.11. The maximum Gasteiger partial charge on any atom is 0.198 e. The molecule has 84 valence electrons. The van der Waals surface area contributed by atoms with Gasteiger partial charge in [0.25, 0.3) is 0 Å². The van der Waals surface area contributed by atoms with Gasteiger partial charge in [0.2, 0.25) is 0 Å². The van der Waals surface area contributed by atoms with Gasteiger partial charge in [-0.25, -0.2) is 0 Å². The normalized spacial score (nSPS) is 23.6. The molecule has 1 aromatic carbocycles. The van der Waals surface area contributed by atoms with Gasteiger partial charge in [-0.2, -0.15) is 0 Å². The predicted molar refractivity (Wildman–Crippen MR) is 68.9 cm³/mol. The van der Waals surface area contributed by atoms with Crippen LogP contribution in [0.5, 0.6) is 0 Å². The number of hydrogen-bond donors (Lipinski definition) is 1. The van der Waals surface area contributed by atoms with E-state index in [1.807, 2.05) is 42.5 Å². The fourth-order valence-corrected chi connectivity index (χ4v) is 3.70. The van der Waals surface area contributed by atoms with E-state index in [0.29, 0.717) is 5.92 Å². The molecule has 0 heterocycles. The lowest BCUT2D eigenvalue weighted by Gasteiger charge is -2.21. The topological polar surface area (TPSA) is 43.1 Å². The van der Waals surface area contributed by atoms with E-state index in [9.17, 15) is 4.57 Å². The first-order chi connectivity index (χ1) is 7.60. The van der Waals surface area contributed by atoms with Gasteiger partial charge in [-0.3, -0.25) is 10.1 Å². The van der Waals surface area contributed by atoms with E-state index in [-0.39, 0.29) is 0 Å². The molecule has 0 fully saturated rings. The summed E-state index contributed by atoms with van der Waals surface area (Å²) in [6.45, 7) is 2.11. The summed E-state index contributed by atoms with van der Waals surface area (Å²) in [7, 11) is -2.85. The highest BCUT2D eigenvalue weighted by atomic mass is 31.2. The van der Waals surface area contributed by atoms with Crippen LogP contribution in [0.4, 0.5) is 0 Å². The Morgan fingerprint density at radius 3 is 2.62 bits per heavy atom. The zero-order valence-corrected chi connectivity index (χ0v) is 10.2. The Bertz CT molecular complexity index is 476. The van der Waals surface area contributed by atoms with Crippen molar-refractivity contribution in [3.63, 3.8) is 0 Å². The van der Waals surface area contributed by atoms with Crippen molar-refractivity contribution in [3.05, 3.63) is 53.9 Å². The third-order valence-electron chi connectivity index (χ3n) is 2.83. The van der Waals surface area contributed by atoms with Gasteiger partial charge in [-0.05, 0) is 24.5 Å². The lowest BCUT2D eigenvalue weighted by molar-refractivity contribution is 0.582. The summed E-state index contributed by atoms with van der Waals surface area (Å²) < 4.78 is 12.6. The van der Waals surface area contributed by atoms with Gasteiger partial charge < -0.3 is 0 Å². The fourth-order valence-electron chi connectivity index (χ4n) is 1.88. The van der Waals surface area contributed by atoms with E-state index in [4.69, 9.17) is 5.50 Å². The molecule has 0 saturated heterocycles. The molecule has 3 heteroatoms. The van der Waals surface area contributed by atoms with Crippen molar-refractivity contribution in [3.8, 4) is 0 Å². The first-order valence-corrected chi connectivity index (χ1v) is 7.20. The molecule has 0 aliphatic heterocycles. The van der Waals surface area contributed by atoms with Gasteiger partial charge in [-0.15, -0.1) is 0 Å². The molecular weight excluding hydrogens is 217 g/mol. The Balaban J connectivity index is 2.37. The number of hydrogen-bond acceptors (Lipinski definition) is 1. The van der Waals surface area contributed by atoms with Crippen molar-refractivity contribution < 1.29 is 4.57 Å². The molecule has 2 rings (SSSR count). The summed E-state index contributed by atoms with van der Waals surface area (Å²) in [5, 5.41) is 1.61. The molecule has 0 saturated carbocycles. The zero-order chi connectivity index (χ0) is 11.6. The number of rotatable bonds is 2. The molecule has 0 radical (unpaired) electrons. The summed E-state index contributed by atoms with van der Waals surface area (Å²) in [6, 6.07) is 9.32. The van der Waals surface area contributed by atoms with Crippen LogP contribution in [0.1, 0.15) is 13.3 Å². The molecular formula is C13H16NOP. The van der Waals surface area contributed by atoms with Crippen molar-refractivity contribution in [2.75, 3.05) is 0 Å². The van der Waals surface area contributed by atoms with Crippen LogP contribution in [0.2, 0.25) is 0 Å². The van der Waals surface area contributed by atoms with E-state index in [2.05, 4.69) is 13.0 Å². The van der Waals surface area contributed by atoms with Crippen LogP contribution in [-0.2, 0) is 4.57 Å². The van der Waals surface area contributed by atoms with Crippen molar-refractivity contribution in [2.24, 2.45) is 11.4 Å². The quantitative estimate of drug-likeness (QED) is 0.798. The minimum Gasteiger partial charge on any atom is -0.297 e. The molecule has 1 aliphatic carbocycles. The van der Waals surface area contributed by atoms with Crippen LogP contribution in [0.15, 0.2) is 53.9 Å². The molecule has 16 heavy (non-hydrogen) atoms. The second-order valence-corrected chi connectivity index (χ2v) is 6.62. The Morgan fingerprint density at radius 2 is 2.00 bits per heavy atom. The third-order valence-corrected chi connectivity index (χ3v) is 5.08. The molecule has 2 unspecified atom stereocenters.